The predicted octanol–water partition coefficient (Wildman–Crippen LogP) is 0.856. The molecular formula is C19H29N5O4. The molecule has 2 aliphatic rings. The molecule has 0 spiro atoms. The summed E-state index contributed by atoms with van der Waals surface area (Å²) in [6.07, 6.45) is 4.94. The van der Waals surface area contributed by atoms with Crippen LogP contribution in [0.1, 0.15) is 38.2 Å². The van der Waals surface area contributed by atoms with E-state index in [9.17, 15) is 9.59 Å². The number of methoxy groups -OCH3 is 1. The maximum Gasteiger partial charge on any atom is 0.407 e. The van der Waals surface area contributed by atoms with Crippen LogP contribution in [-0.2, 0) is 16.0 Å². The van der Waals surface area contributed by atoms with Gasteiger partial charge in [0.05, 0.1) is 19.7 Å². The first-order valence-corrected chi connectivity index (χ1v) is 9.81. The summed E-state index contributed by atoms with van der Waals surface area (Å²) >= 11 is 0. The van der Waals surface area contributed by atoms with Gasteiger partial charge in [-0.2, -0.15) is 0 Å². The lowest BCUT2D eigenvalue weighted by Gasteiger charge is -2.18. The van der Waals surface area contributed by atoms with E-state index < -0.39 is 0 Å². The van der Waals surface area contributed by atoms with Crippen LogP contribution in [-0.4, -0.2) is 49.0 Å². The fraction of sp³-hybridized carbons (Fsp3) is 0.632. The van der Waals surface area contributed by atoms with Crippen molar-refractivity contribution in [2.75, 3.05) is 13.7 Å². The minimum absolute atomic E-state index is 0.0328. The van der Waals surface area contributed by atoms with Crippen molar-refractivity contribution in [3.63, 3.8) is 0 Å². The Morgan fingerprint density at radius 1 is 1.25 bits per heavy atom. The number of alkyl carbamates (subject to hydrolysis) is 1. The first-order valence-electron chi connectivity index (χ1n) is 9.81. The zero-order valence-electron chi connectivity index (χ0n) is 16.4. The zero-order chi connectivity index (χ0) is 19.9. The van der Waals surface area contributed by atoms with Crippen LogP contribution in [0.5, 0.6) is 5.88 Å². The summed E-state index contributed by atoms with van der Waals surface area (Å²) in [5, 5.41) is 5.67. The highest BCUT2D eigenvalue weighted by Gasteiger charge is 2.37. The number of aromatic nitrogens is 1. The third-order valence-corrected chi connectivity index (χ3v) is 5.23. The Morgan fingerprint density at radius 2 is 2.11 bits per heavy atom. The number of nitrogens with one attached hydrogen (secondary N) is 4. The molecule has 0 aromatic carbocycles. The highest BCUT2D eigenvalue weighted by molar-refractivity contribution is 5.78. The van der Waals surface area contributed by atoms with Crippen molar-refractivity contribution in [1.29, 1.82) is 0 Å². The van der Waals surface area contributed by atoms with Gasteiger partial charge in [0.1, 0.15) is 6.10 Å². The third kappa shape index (κ3) is 5.56. The highest BCUT2D eigenvalue weighted by atomic mass is 16.6. The molecule has 3 rings (SSSR count). The molecule has 28 heavy (non-hydrogen) atoms. The summed E-state index contributed by atoms with van der Waals surface area (Å²) in [4.78, 5) is 28.0. The molecule has 2 amide bonds. The van der Waals surface area contributed by atoms with Gasteiger partial charge in [0.25, 0.3) is 0 Å². The summed E-state index contributed by atoms with van der Waals surface area (Å²) in [6.45, 7) is 2.43. The average molecular weight is 391 g/mol. The Kier molecular flexibility index (Phi) is 7.05. The van der Waals surface area contributed by atoms with Crippen LogP contribution in [0.25, 0.3) is 0 Å². The van der Waals surface area contributed by atoms with Gasteiger partial charge >= 0.3 is 6.09 Å². The smallest absolute Gasteiger partial charge is 0.407 e. The van der Waals surface area contributed by atoms with E-state index in [2.05, 4.69) is 26.5 Å². The number of hydrazine groups is 1. The van der Waals surface area contributed by atoms with Crippen molar-refractivity contribution >= 4 is 12.0 Å². The summed E-state index contributed by atoms with van der Waals surface area (Å²) in [5.74, 6) is 0.884. The molecule has 1 aromatic heterocycles. The maximum absolute atomic E-state index is 12.3. The normalized spacial score (nSPS) is 26.6. The molecule has 4 atom stereocenters. The van der Waals surface area contributed by atoms with Gasteiger partial charge in [0.15, 0.2) is 0 Å². The maximum atomic E-state index is 12.3. The van der Waals surface area contributed by atoms with E-state index >= 15 is 0 Å². The molecule has 154 valence electrons. The summed E-state index contributed by atoms with van der Waals surface area (Å²) in [5.41, 5.74) is 7.27. The van der Waals surface area contributed by atoms with Crippen molar-refractivity contribution in [2.45, 2.75) is 57.3 Å². The van der Waals surface area contributed by atoms with Crippen LogP contribution >= 0.6 is 0 Å². The standard InChI is InChI=1S/C19H29N5O4/c1-3-20-19(26)28-14-6-5-13(9-14)15-10-16(24-23-15)22-17(25)8-12-4-7-18(27-2)21-11-12/h4,7,11,13-16,23-24H,3,5-6,8-10H2,1-2H3,(H,20,26)(H,22,25)/t13-,14+,15?,16?/m0/s1. The summed E-state index contributed by atoms with van der Waals surface area (Å²) in [6, 6.07) is 3.82. The molecule has 2 fully saturated rings. The SMILES string of the molecule is CCNC(=O)O[C@@H]1CC[C@H](C2CC(NC(=O)Cc3ccc(OC)nc3)NN2)C1. The van der Waals surface area contributed by atoms with Crippen molar-refractivity contribution in [2.24, 2.45) is 5.92 Å². The number of hydrogen-bond donors (Lipinski definition) is 4. The molecule has 4 N–H and O–H groups in total. The van der Waals surface area contributed by atoms with Crippen molar-refractivity contribution in [3.05, 3.63) is 23.9 Å². The van der Waals surface area contributed by atoms with Gasteiger partial charge in [-0.1, -0.05) is 6.07 Å². The van der Waals surface area contributed by atoms with Crippen molar-refractivity contribution in [1.82, 2.24) is 26.5 Å². The molecule has 0 radical (unpaired) electrons. The third-order valence-electron chi connectivity index (χ3n) is 5.23. The fourth-order valence-electron chi connectivity index (χ4n) is 3.83. The summed E-state index contributed by atoms with van der Waals surface area (Å²) < 4.78 is 10.5. The van der Waals surface area contributed by atoms with Crippen LogP contribution in [0, 0.1) is 5.92 Å². The first-order chi connectivity index (χ1) is 13.6. The minimum atomic E-state index is -0.344. The average Bonchev–Trinajstić information content (AvgIpc) is 3.32. The monoisotopic (exact) mass is 391 g/mol. The molecule has 1 saturated carbocycles. The molecule has 0 bridgehead atoms. The molecular weight excluding hydrogens is 362 g/mol. The second-order valence-electron chi connectivity index (χ2n) is 7.27. The zero-order valence-corrected chi connectivity index (χ0v) is 16.4. The molecule has 2 heterocycles. The van der Waals surface area contributed by atoms with E-state index in [1.165, 1.54) is 0 Å². The molecule has 1 saturated heterocycles. The van der Waals surface area contributed by atoms with E-state index in [0.717, 1.165) is 31.2 Å². The highest BCUT2D eigenvalue weighted by Crippen LogP contribution is 2.32. The lowest BCUT2D eigenvalue weighted by Crippen LogP contribution is -2.45. The van der Waals surface area contributed by atoms with E-state index in [0.29, 0.717) is 18.3 Å². The Morgan fingerprint density at radius 3 is 2.82 bits per heavy atom. The quantitative estimate of drug-likeness (QED) is 0.545. The van der Waals surface area contributed by atoms with Crippen molar-refractivity contribution < 1.29 is 19.1 Å². The van der Waals surface area contributed by atoms with Gasteiger partial charge in [0, 0.05) is 24.8 Å². The van der Waals surface area contributed by atoms with Crippen LogP contribution in [0.4, 0.5) is 4.79 Å². The largest absolute Gasteiger partial charge is 0.481 e. The number of carbonyl (C=O) groups excluding carboxylic acids is 2. The number of rotatable bonds is 7. The Balaban J connectivity index is 1.40. The number of ether oxygens (including phenoxy) is 2. The van der Waals surface area contributed by atoms with Gasteiger partial charge in [-0.25, -0.2) is 15.2 Å². The second kappa shape index (κ2) is 9.70. The number of pyridine rings is 1. The number of carbonyl (C=O) groups is 2. The van der Waals surface area contributed by atoms with Gasteiger partial charge < -0.3 is 20.1 Å². The molecule has 9 heteroatoms. The van der Waals surface area contributed by atoms with E-state index in [1.54, 1.807) is 19.4 Å². The van der Waals surface area contributed by atoms with Crippen LogP contribution in [0.15, 0.2) is 18.3 Å². The number of nitrogens with zero attached hydrogens (tertiary/aromatic N) is 1. The van der Waals surface area contributed by atoms with E-state index in [1.807, 2.05) is 13.0 Å². The molecule has 1 aliphatic heterocycles. The first kappa shape index (κ1) is 20.3. The fourth-order valence-corrected chi connectivity index (χ4v) is 3.83. The lowest BCUT2D eigenvalue weighted by atomic mass is 9.96. The Labute approximate surface area is 164 Å². The van der Waals surface area contributed by atoms with Gasteiger partial charge in [-0.3, -0.25) is 10.2 Å². The molecule has 9 nitrogen and oxygen atoms in total. The molecule has 2 unspecified atom stereocenters. The van der Waals surface area contributed by atoms with Gasteiger partial charge in [-0.05, 0) is 44.1 Å². The van der Waals surface area contributed by atoms with Crippen molar-refractivity contribution in [3.8, 4) is 5.88 Å². The number of hydrogen-bond acceptors (Lipinski definition) is 7. The van der Waals surface area contributed by atoms with Crippen LogP contribution < -0.4 is 26.2 Å². The molecule has 1 aliphatic carbocycles. The predicted molar refractivity (Wildman–Crippen MR) is 102 cm³/mol. The topological polar surface area (TPSA) is 114 Å². The lowest BCUT2D eigenvalue weighted by molar-refractivity contribution is -0.121. The van der Waals surface area contributed by atoms with Crippen LogP contribution in [0.3, 0.4) is 0 Å². The minimum Gasteiger partial charge on any atom is -0.481 e. The molecule has 1 aromatic rings. The van der Waals surface area contributed by atoms with Crippen LogP contribution in [0.2, 0.25) is 0 Å². The Hall–Kier alpha value is -2.39. The van der Waals surface area contributed by atoms with E-state index in [4.69, 9.17) is 9.47 Å². The van der Waals surface area contributed by atoms with Gasteiger partial charge in [0.2, 0.25) is 11.8 Å². The van der Waals surface area contributed by atoms with Gasteiger partial charge in [-0.15, -0.1) is 0 Å². The van der Waals surface area contributed by atoms with E-state index in [-0.39, 0.29) is 36.7 Å². The Bertz CT molecular complexity index is 669. The summed E-state index contributed by atoms with van der Waals surface area (Å²) in [7, 11) is 1.56. The second-order valence-corrected chi connectivity index (χ2v) is 7.27. The number of amides is 2.